The third-order valence-corrected chi connectivity index (χ3v) is 2.93. The van der Waals surface area contributed by atoms with Gasteiger partial charge in [-0.1, -0.05) is 13.0 Å². The number of halogens is 2. The van der Waals surface area contributed by atoms with Crippen LogP contribution < -0.4 is 5.32 Å². The fraction of sp³-hybridized carbons (Fsp3) is 0.333. The fourth-order valence-corrected chi connectivity index (χ4v) is 1.93. The molecule has 0 fully saturated rings. The van der Waals surface area contributed by atoms with Gasteiger partial charge in [0.1, 0.15) is 23.3 Å². The molecule has 0 amide bonds. The smallest absolute Gasteiger partial charge is 0.138 e. The average molecular weight is 277 g/mol. The molecule has 5 heteroatoms. The van der Waals surface area contributed by atoms with E-state index in [0.717, 1.165) is 13.0 Å². The SMILES string of the molecule is CCCNc1cc(-c2c(F)ccc(C)c2F)nc(C)n1. The molecule has 0 aliphatic carbocycles. The number of aryl methyl sites for hydroxylation is 2. The van der Waals surface area contributed by atoms with Crippen LogP contribution in [-0.4, -0.2) is 16.5 Å². The molecular weight excluding hydrogens is 260 g/mol. The number of nitrogens with one attached hydrogen (secondary N) is 1. The summed E-state index contributed by atoms with van der Waals surface area (Å²) in [6.07, 6.45) is 0.936. The van der Waals surface area contributed by atoms with Gasteiger partial charge in [-0.2, -0.15) is 0 Å². The summed E-state index contributed by atoms with van der Waals surface area (Å²) in [4.78, 5) is 8.36. The minimum atomic E-state index is -0.618. The molecule has 3 nitrogen and oxygen atoms in total. The fourth-order valence-electron chi connectivity index (χ4n) is 1.93. The Kier molecular flexibility index (Phi) is 4.27. The Morgan fingerprint density at radius 3 is 2.60 bits per heavy atom. The summed E-state index contributed by atoms with van der Waals surface area (Å²) in [7, 11) is 0. The van der Waals surface area contributed by atoms with Gasteiger partial charge in [0.15, 0.2) is 0 Å². The van der Waals surface area contributed by atoms with Crippen LogP contribution in [0.4, 0.5) is 14.6 Å². The highest BCUT2D eigenvalue weighted by atomic mass is 19.1. The topological polar surface area (TPSA) is 37.8 Å². The summed E-state index contributed by atoms with van der Waals surface area (Å²) in [6.45, 7) is 6.07. The van der Waals surface area contributed by atoms with Crippen molar-refractivity contribution in [2.75, 3.05) is 11.9 Å². The Balaban J connectivity index is 2.52. The summed E-state index contributed by atoms with van der Waals surface area (Å²) in [5.74, 6) is -0.145. The molecular formula is C15H17F2N3. The van der Waals surface area contributed by atoms with Crippen LogP contribution in [0.5, 0.6) is 0 Å². The van der Waals surface area contributed by atoms with Crippen LogP contribution in [0.3, 0.4) is 0 Å². The lowest BCUT2D eigenvalue weighted by Gasteiger charge is -2.10. The summed E-state index contributed by atoms with van der Waals surface area (Å²) in [5, 5.41) is 3.10. The number of hydrogen-bond donors (Lipinski definition) is 1. The van der Waals surface area contributed by atoms with Gasteiger partial charge in [0, 0.05) is 12.6 Å². The van der Waals surface area contributed by atoms with Gasteiger partial charge in [-0.3, -0.25) is 0 Å². The van der Waals surface area contributed by atoms with Gasteiger partial charge in [-0.05, 0) is 31.9 Å². The van der Waals surface area contributed by atoms with Crippen molar-refractivity contribution in [1.82, 2.24) is 9.97 Å². The lowest BCUT2D eigenvalue weighted by atomic mass is 10.1. The Morgan fingerprint density at radius 2 is 1.90 bits per heavy atom. The molecule has 0 atom stereocenters. The van der Waals surface area contributed by atoms with Crippen molar-refractivity contribution in [3.8, 4) is 11.3 Å². The van der Waals surface area contributed by atoms with Crippen molar-refractivity contribution in [2.24, 2.45) is 0 Å². The Hall–Kier alpha value is -2.04. The molecule has 2 rings (SSSR count). The van der Waals surface area contributed by atoms with Crippen LogP contribution in [-0.2, 0) is 0 Å². The second kappa shape index (κ2) is 5.94. The number of aromatic nitrogens is 2. The van der Waals surface area contributed by atoms with Gasteiger partial charge >= 0.3 is 0 Å². The average Bonchev–Trinajstić information content (AvgIpc) is 2.41. The number of nitrogens with zero attached hydrogens (tertiary/aromatic N) is 2. The molecule has 0 aliphatic rings. The first-order valence-corrected chi connectivity index (χ1v) is 6.57. The van der Waals surface area contributed by atoms with E-state index in [1.165, 1.54) is 12.1 Å². The zero-order valence-corrected chi connectivity index (χ0v) is 11.8. The lowest BCUT2D eigenvalue weighted by molar-refractivity contribution is 0.582. The molecule has 0 radical (unpaired) electrons. The van der Waals surface area contributed by atoms with E-state index >= 15 is 0 Å². The Bertz CT molecular complexity index is 627. The highest BCUT2D eigenvalue weighted by Gasteiger charge is 2.16. The first-order valence-electron chi connectivity index (χ1n) is 6.57. The molecule has 1 N–H and O–H groups in total. The van der Waals surface area contributed by atoms with E-state index in [2.05, 4.69) is 15.3 Å². The highest BCUT2D eigenvalue weighted by Crippen LogP contribution is 2.27. The Morgan fingerprint density at radius 1 is 1.15 bits per heavy atom. The van der Waals surface area contributed by atoms with E-state index in [-0.39, 0.29) is 11.3 Å². The molecule has 1 heterocycles. The van der Waals surface area contributed by atoms with Gasteiger partial charge < -0.3 is 5.32 Å². The third-order valence-electron chi connectivity index (χ3n) is 2.93. The molecule has 106 valence electrons. The van der Waals surface area contributed by atoms with Crippen molar-refractivity contribution in [2.45, 2.75) is 27.2 Å². The zero-order valence-electron chi connectivity index (χ0n) is 11.8. The lowest BCUT2D eigenvalue weighted by Crippen LogP contribution is -2.05. The van der Waals surface area contributed by atoms with Crippen molar-refractivity contribution < 1.29 is 8.78 Å². The molecule has 0 saturated carbocycles. The molecule has 1 aromatic carbocycles. The largest absolute Gasteiger partial charge is 0.370 e. The predicted octanol–water partition coefficient (Wildman–Crippen LogP) is 3.86. The maximum Gasteiger partial charge on any atom is 0.138 e. The van der Waals surface area contributed by atoms with E-state index in [9.17, 15) is 8.78 Å². The second-order valence-corrected chi connectivity index (χ2v) is 4.67. The summed E-state index contributed by atoms with van der Waals surface area (Å²) in [5.41, 5.74) is 0.547. The molecule has 1 aromatic heterocycles. The second-order valence-electron chi connectivity index (χ2n) is 4.67. The van der Waals surface area contributed by atoms with Crippen molar-refractivity contribution in [3.05, 3.63) is 41.2 Å². The zero-order chi connectivity index (χ0) is 14.7. The minimum Gasteiger partial charge on any atom is -0.370 e. The van der Waals surface area contributed by atoms with E-state index in [0.29, 0.717) is 17.2 Å². The van der Waals surface area contributed by atoms with Crippen LogP contribution in [0.25, 0.3) is 11.3 Å². The predicted molar refractivity (Wildman–Crippen MR) is 75.6 cm³/mol. The molecule has 0 aliphatic heterocycles. The van der Waals surface area contributed by atoms with Crippen LogP contribution in [0.1, 0.15) is 24.7 Å². The van der Waals surface area contributed by atoms with Crippen molar-refractivity contribution in [1.29, 1.82) is 0 Å². The minimum absolute atomic E-state index is 0.102. The maximum absolute atomic E-state index is 14.1. The number of benzene rings is 1. The number of rotatable bonds is 4. The van der Waals surface area contributed by atoms with E-state index in [1.807, 2.05) is 6.92 Å². The van der Waals surface area contributed by atoms with Crippen LogP contribution >= 0.6 is 0 Å². The molecule has 0 saturated heterocycles. The first-order chi connectivity index (χ1) is 9.52. The Labute approximate surface area is 117 Å². The summed E-state index contributed by atoms with van der Waals surface area (Å²) < 4.78 is 28.1. The van der Waals surface area contributed by atoms with Crippen LogP contribution in [0.2, 0.25) is 0 Å². The van der Waals surface area contributed by atoms with Crippen molar-refractivity contribution in [3.63, 3.8) is 0 Å². The van der Waals surface area contributed by atoms with E-state index in [1.54, 1.807) is 19.9 Å². The van der Waals surface area contributed by atoms with Gasteiger partial charge in [0.05, 0.1) is 11.3 Å². The van der Waals surface area contributed by atoms with Gasteiger partial charge in [-0.25, -0.2) is 18.7 Å². The van der Waals surface area contributed by atoms with Crippen LogP contribution in [0, 0.1) is 25.5 Å². The van der Waals surface area contributed by atoms with Crippen molar-refractivity contribution >= 4 is 5.82 Å². The molecule has 2 aromatic rings. The first kappa shape index (κ1) is 14.4. The van der Waals surface area contributed by atoms with Gasteiger partial charge in [-0.15, -0.1) is 0 Å². The number of anilines is 1. The van der Waals surface area contributed by atoms with Gasteiger partial charge in [0.2, 0.25) is 0 Å². The van der Waals surface area contributed by atoms with E-state index < -0.39 is 11.6 Å². The molecule has 20 heavy (non-hydrogen) atoms. The number of hydrogen-bond acceptors (Lipinski definition) is 3. The van der Waals surface area contributed by atoms with Crippen LogP contribution in [0.15, 0.2) is 18.2 Å². The van der Waals surface area contributed by atoms with E-state index in [4.69, 9.17) is 0 Å². The van der Waals surface area contributed by atoms with Gasteiger partial charge in [0.25, 0.3) is 0 Å². The maximum atomic E-state index is 14.1. The summed E-state index contributed by atoms with van der Waals surface area (Å²) >= 11 is 0. The normalized spacial score (nSPS) is 10.7. The highest BCUT2D eigenvalue weighted by molar-refractivity contribution is 5.65. The standard InChI is InChI=1S/C15H17F2N3/c1-4-7-18-13-8-12(19-10(3)20-13)14-11(16)6-5-9(2)15(14)17/h5-6,8H,4,7H2,1-3H3,(H,18,19,20). The molecule has 0 bridgehead atoms. The molecule has 0 spiro atoms. The third kappa shape index (κ3) is 2.92. The quantitative estimate of drug-likeness (QED) is 0.922. The summed E-state index contributed by atoms with van der Waals surface area (Å²) in [6, 6.07) is 4.24. The monoisotopic (exact) mass is 277 g/mol. The molecule has 0 unspecified atom stereocenters.